The average molecular weight is 113 g/mol. The first-order valence-corrected chi connectivity index (χ1v) is 2.68. The molecule has 1 N–H and O–H groups in total. The second-order valence-corrected chi connectivity index (χ2v) is 1.76. The van der Waals surface area contributed by atoms with E-state index in [4.69, 9.17) is 0 Å². The van der Waals surface area contributed by atoms with Crippen LogP contribution in [0.5, 0.6) is 0 Å². The van der Waals surface area contributed by atoms with E-state index in [2.05, 4.69) is 5.32 Å². The minimum absolute atomic E-state index is 0.740. The molecule has 0 saturated carbocycles. The molecule has 1 heterocycles. The van der Waals surface area contributed by atoms with Crippen molar-refractivity contribution in [3.8, 4) is 0 Å². The lowest BCUT2D eigenvalue weighted by Gasteiger charge is -2.22. The van der Waals surface area contributed by atoms with Crippen LogP contribution >= 0.6 is 0 Å². The molecule has 0 spiro atoms. The van der Waals surface area contributed by atoms with Crippen LogP contribution in [0.1, 0.15) is 0 Å². The van der Waals surface area contributed by atoms with Gasteiger partial charge in [-0.15, -0.1) is 0 Å². The van der Waals surface area contributed by atoms with Crippen LogP contribution < -0.4 is 5.32 Å². The Labute approximate surface area is 48.7 Å². The van der Waals surface area contributed by atoms with Gasteiger partial charge in [-0.25, -0.2) is 0 Å². The number of nitrogens with one attached hydrogen (secondary N) is 1. The van der Waals surface area contributed by atoms with Crippen LogP contribution in [-0.2, 0) is 4.79 Å². The molecule has 3 heteroatoms. The minimum Gasteiger partial charge on any atom is -0.342 e. The Morgan fingerprint density at radius 2 is 2.62 bits per heavy atom. The third-order valence-corrected chi connectivity index (χ3v) is 1.16. The summed E-state index contributed by atoms with van der Waals surface area (Å²) in [5.74, 6) is 0. The first-order valence-electron chi connectivity index (χ1n) is 2.68. The highest BCUT2D eigenvalue weighted by Crippen LogP contribution is 1.88. The van der Waals surface area contributed by atoms with Gasteiger partial charge < -0.3 is 10.2 Å². The van der Waals surface area contributed by atoms with Crippen molar-refractivity contribution >= 4 is 6.41 Å². The van der Waals surface area contributed by atoms with Crippen molar-refractivity contribution in [2.75, 3.05) is 19.6 Å². The van der Waals surface area contributed by atoms with Gasteiger partial charge in [0, 0.05) is 26.2 Å². The standard InChI is InChI=1S/C5H9N2O/c8-5-7-3-1-6-2-4-7/h1,5-6H,2-4H2. The normalized spacial score (nSPS) is 20.8. The SMILES string of the molecule is O=CN1C[CH]NCC1. The van der Waals surface area contributed by atoms with Gasteiger partial charge in [0.15, 0.2) is 0 Å². The van der Waals surface area contributed by atoms with Crippen molar-refractivity contribution in [2.45, 2.75) is 0 Å². The molecule has 1 saturated heterocycles. The van der Waals surface area contributed by atoms with Crippen LogP contribution in [-0.4, -0.2) is 30.9 Å². The molecule has 0 aromatic rings. The Morgan fingerprint density at radius 3 is 3.00 bits per heavy atom. The van der Waals surface area contributed by atoms with Gasteiger partial charge in [0.2, 0.25) is 6.41 Å². The van der Waals surface area contributed by atoms with Crippen molar-refractivity contribution in [1.29, 1.82) is 0 Å². The van der Waals surface area contributed by atoms with E-state index < -0.39 is 0 Å². The predicted octanol–water partition coefficient (Wildman–Crippen LogP) is -0.790. The van der Waals surface area contributed by atoms with Gasteiger partial charge in [-0.1, -0.05) is 0 Å². The fraction of sp³-hybridized carbons (Fsp3) is 0.600. The number of hydrogen-bond acceptors (Lipinski definition) is 2. The number of hydrogen-bond donors (Lipinski definition) is 1. The monoisotopic (exact) mass is 113 g/mol. The molecule has 0 unspecified atom stereocenters. The zero-order valence-corrected chi connectivity index (χ0v) is 4.63. The highest BCUT2D eigenvalue weighted by Gasteiger charge is 2.04. The third kappa shape index (κ3) is 1.20. The second kappa shape index (κ2) is 2.67. The number of nitrogens with zero attached hydrogens (tertiary/aromatic N) is 1. The van der Waals surface area contributed by atoms with Crippen LogP contribution in [0.15, 0.2) is 0 Å². The molecule has 8 heavy (non-hydrogen) atoms. The van der Waals surface area contributed by atoms with Crippen LogP contribution in [0.25, 0.3) is 0 Å². The molecular weight excluding hydrogens is 104 g/mol. The third-order valence-electron chi connectivity index (χ3n) is 1.16. The molecule has 0 aromatic heterocycles. The number of carbonyl (C=O) groups is 1. The molecule has 45 valence electrons. The van der Waals surface area contributed by atoms with E-state index in [9.17, 15) is 4.79 Å². The molecular formula is C5H9N2O. The molecule has 1 rings (SSSR count). The summed E-state index contributed by atoms with van der Waals surface area (Å²) in [5, 5.41) is 3.02. The summed E-state index contributed by atoms with van der Waals surface area (Å²) in [6, 6.07) is 0. The molecule has 3 nitrogen and oxygen atoms in total. The summed E-state index contributed by atoms with van der Waals surface area (Å²) in [6.07, 6.45) is 0.872. The predicted molar refractivity (Wildman–Crippen MR) is 29.9 cm³/mol. The smallest absolute Gasteiger partial charge is 0.209 e. The quantitative estimate of drug-likeness (QED) is 0.452. The Bertz CT molecular complexity index is 78.5. The Hall–Kier alpha value is -0.570. The van der Waals surface area contributed by atoms with Crippen molar-refractivity contribution in [3.63, 3.8) is 0 Å². The van der Waals surface area contributed by atoms with Crippen LogP contribution in [0.3, 0.4) is 0 Å². The van der Waals surface area contributed by atoms with Gasteiger partial charge in [0.05, 0.1) is 0 Å². The summed E-state index contributed by atoms with van der Waals surface area (Å²) in [6.45, 7) is 4.35. The van der Waals surface area contributed by atoms with E-state index in [1.165, 1.54) is 0 Å². The largest absolute Gasteiger partial charge is 0.342 e. The van der Waals surface area contributed by atoms with Gasteiger partial charge in [-0.05, 0) is 0 Å². The maximum atomic E-state index is 10.0. The first-order chi connectivity index (χ1) is 3.93. The lowest BCUT2D eigenvalue weighted by Crippen LogP contribution is -2.39. The van der Waals surface area contributed by atoms with Gasteiger partial charge in [-0.3, -0.25) is 4.79 Å². The number of carbonyl (C=O) groups excluding carboxylic acids is 1. The lowest BCUT2D eigenvalue weighted by molar-refractivity contribution is -0.118. The minimum atomic E-state index is 0.740. The molecule has 1 aliphatic rings. The fourth-order valence-electron chi connectivity index (χ4n) is 0.679. The van der Waals surface area contributed by atoms with E-state index in [-0.39, 0.29) is 0 Å². The Morgan fingerprint density at radius 1 is 1.75 bits per heavy atom. The van der Waals surface area contributed by atoms with E-state index in [0.29, 0.717) is 0 Å². The van der Waals surface area contributed by atoms with Gasteiger partial charge >= 0.3 is 0 Å². The molecule has 1 amide bonds. The molecule has 0 aromatic carbocycles. The highest BCUT2D eigenvalue weighted by atomic mass is 16.1. The molecule has 1 fully saturated rings. The average Bonchev–Trinajstić information content (AvgIpc) is 1.90. The summed E-state index contributed by atoms with van der Waals surface area (Å²) in [7, 11) is 0. The number of piperazine rings is 1. The molecule has 0 aliphatic carbocycles. The molecule has 1 radical (unpaired) electrons. The maximum absolute atomic E-state index is 10.0. The Kier molecular flexibility index (Phi) is 1.86. The summed E-state index contributed by atoms with van der Waals surface area (Å²) < 4.78 is 0. The van der Waals surface area contributed by atoms with E-state index >= 15 is 0 Å². The zero-order valence-electron chi connectivity index (χ0n) is 4.63. The van der Waals surface area contributed by atoms with Crippen molar-refractivity contribution in [2.24, 2.45) is 0 Å². The maximum Gasteiger partial charge on any atom is 0.209 e. The zero-order chi connectivity index (χ0) is 5.82. The Balaban J connectivity index is 2.22. The molecule has 0 atom stereocenters. The van der Waals surface area contributed by atoms with Crippen LogP contribution in [0.2, 0.25) is 0 Å². The van der Waals surface area contributed by atoms with Gasteiger partial charge in [-0.2, -0.15) is 0 Å². The van der Waals surface area contributed by atoms with E-state index in [1.54, 1.807) is 4.90 Å². The van der Waals surface area contributed by atoms with Gasteiger partial charge in [0.25, 0.3) is 0 Å². The van der Waals surface area contributed by atoms with E-state index in [1.807, 2.05) is 6.54 Å². The second-order valence-electron chi connectivity index (χ2n) is 1.76. The summed E-state index contributed by atoms with van der Waals surface area (Å²) >= 11 is 0. The van der Waals surface area contributed by atoms with E-state index in [0.717, 1.165) is 26.0 Å². The number of amides is 1. The van der Waals surface area contributed by atoms with Crippen molar-refractivity contribution in [1.82, 2.24) is 10.2 Å². The highest BCUT2D eigenvalue weighted by molar-refractivity contribution is 5.47. The number of rotatable bonds is 1. The van der Waals surface area contributed by atoms with Crippen LogP contribution in [0.4, 0.5) is 0 Å². The fourth-order valence-corrected chi connectivity index (χ4v) is 0.679. The molecule has 0 bridgehead atoms. The van der Waals surface area contributed by atoms with Crippen molar-refractivity contribution in [3.05, 3.63) is 6.54 Å². The van der Waals surface area contributed by atoms with Crippen molar-refractivity contribution < 1.29 is 4.79 Å². The van der Waals surface area contributed by atoms with Gasteiger partial charge in [0.1, 0.15) is 0 Å². The topological polar surface area (TPSA) is 32.3 Å². The summed E-state index contributed by atoms with van der Waals surface area (Å²) in [4.78, 5) is 11.8. The lowest BCUT2D eigenvalue weighted by atomic mass is 10.4. The van der Waals surface area contributed by atoms with Crippen LogP contribution in [0, 0.1) is 6.54 Å². The summed E-state index contributed by atoms with van der Waals surface area (Å²) in [5.41, 5.74) is 0. The first kappa shape index (κ1) is 5.56. The molecule has 1 aliphatic heterocycles.